The number of rotatable bonds is 3. The third-order valence-electron chi connectivity index (χ3n) is 3.76. The van der Waals surface area contributed by atoms with Gasteiger partial charge in [-0.15, -0.1) is 0 Å². The van der Waals surface area contributed by atoms with E-state index >= 15 is 0 Å². The van der Waals surface area contributed by atoms with Gasteiger partial charge in [0.25, 0.3) is 0 Å². The molecule has 0 spiro atoms. The number of hydrogen-bond donors (Lipinski definition) is 0. The molecular weight excluding hydrogens is 274 g/mol. The number of Topliss-reactive ketones (excluding diaryl/α,β-unsaturated/α-hetero) is 1. The Labute approximate surface area is 121 Å². The van der Waals surface area contributed by atoms with E-state index in [-0.39, 0.29) is 12.3 Å². The van der Waals surface area contributed by atoms with Gasteiger partial charge in [-0.05, 0) is 36.1 Å². The summed E-state index contributed by atoms with van der Waals surface area (Å²) in [6.45, 7) is 0.509. The van der Waals surface area contributed by atoms with Crippen LogP contribution in [0.1, 0.15) is 34.7 Å². The molecule has 0 aliphatic carbocycles. The van der Waals surface area contributed by atoms with Crippen molar-refractivity contribution in [2.75, 3.05) is 6.61 Å². The number of hydrogen-bond acceptors (Lipinski definition) is 2. The van der Waals surface area contributed by atoms with E-state index in [0.717, 1.165) is 23.4 Å². The monoisotopic (exact) mass is 288 g/mol. The number of carbonyl (C=O) groups is 1. The van der Waals surface area contributed by atoms with Crippen LogP contribution in [0.15, 0.2) is 42.5 Å². The van der Waals surface area contributed by atoms with Gasteiger partial charge < -0.3 is 4.74 Å². The number of fused-ring (bicyclic) bond motifs is 1. The smallest absolute Gasteiger partial charge is 0.169 e. The van der Waals surface area contributed by atoms with Crippen molar-refractivity contribution in [2.24, 2.45) is 0 Å². The Kier molecular flexibility index (Phi) is 3.69. The molecule has 108 valence electrons. The number of halogens is 2. The van der Waals surface area contributed by atoms with Crippen molar-refractivity contribution in [3.8, 4) is 5.75 Å². The van der Waals surface area contributed by atoms with Crippen molar-refractivity contribution in [1.29, 1.82) is 0 Å². The molecule has 0 saturated heterocycles. The van der Waals surface area contributed by atoms with Crippen LogP contribution in [0.4, 0.5) is 8.78 Å². The first-order valence-electron chi connectivity index (χ1n) is 6.85. The first kappa shape index (κ1) is 13.7. The second kappa shape index (κ2) is 5.64. The zero-order valence-corrected chi connectivity index (χ0v) is 11.3. The van der Waals surface area contributed by atoms with Crippen molar-refractivity contribution in [3.63, 3.8) is 0 Å². The van der Waals surface area contributed by atoms with E-state index in [9.17, 15) is 13.6 Å². The molecule has 2 aromatic carbocycles. The molecule has 1 aliphatic rings. The molecular formula is C17H14F2O2. The fraction of sp³-hybridized carbons (Fsp3) is 0.235. The summed E-state index contributed by atoms with van der Waals surface area (Å²) in [7, 11) is 0. The highest BCUT2D eigenvalue weighted by Crippen LogP contribution is 2.36. The minimum absolute atomic E-state index is 0.0681. The molecule has 1 atom stereocenters. The summed E-state index contributed by atoms with van der Waals surface area (Å²) in [6, 6.07) is 10.9. The van der Waals surface area contributed by atoms with E-state index in [1.165, 1.54) is 6.07 Å². The van der Waals surface area contributed by atoms with Gasteiger partial charge in [-0.25, -0.2) is 8.78 Å². The Morgan fingerprint density at radius 2 is 1.81 bits per heavy atom. The normalized spacial score (nSPS) is 17.0. The van der Waals surface area contributed by atoms with Gasteiger partial charge in [0.1, 0.15) is 17.4 Å². The lowest BCUT2D eigenvalue weighted by Gasteiger charge is -2.25. The van der Waals surface area contributed by atoms with Gasteiger partial charge in [0.05, 0.1) is 12.2 Å². The zero-order chi connectivity index (χ0) is 14.8. The third kappa shape index (κ3) is 2.66. The van der Waals surface area contributed by atoms with Crippen LogP contribution < -0.4 is 4.74 Å². The van der Waals surface area contributed by atoms with Crippen LogP contribution in [-0.2, 0) is 0 Å². The number of ether oxygens (including phenoxy) is 1. The van der Waals surface area contributed by atoms with Gasteiger partial charge in [0, 0.05) is 6.42 Å². The van der Waals surface area contributed by atoms with Crippen molar-refractivity contribution in [3.05, 3.63) is 65.2 Å². The molecule has 21 heavy (non-hydrogen) atoms. The summed E-state index contributed by atoms with van der Waals surface area (Å²) >= 11 is 0. The highest BCUT2D eigenvalue weighted by Gasteiger charge is 2.26. The predicted octanol–water partition coefficient (Wildman–Crippen LogP) is 4.10. The van der Waals surface area contributed by atoms with Crippen LogP contribution in [0.3, 0.4) is 0 Å². The first-order chi connectivity index (χ1) is 10.2. The van der Waals surface area contributed by atoms with Crippen molar-refractivity contribution < 1.29 is 18.3 Å². The van der Waals surface area contributed by atoms with Crippen LogP contribution in [0.5, 0.6) is 5.75 Å². The molecule has 3 rings (SSSR count). The Bertz CT molecular complexity index is 662. The van der Waals surface area contributed by atoms with Crippen LogP contribution in [-0.4, -0.2) is 12.4 Å². The summed E-state index contributed by atoms with van der Waals surface area (Å²) in [6.07, 6.45) is 0.747. The molecule has 2 aromatic rings. The fourth-order valence-corrected chi connectivity index (χ4v) is 2.72. The van der Waals surface area contributed by atoms with Gasteiger partial charge in [-0.1, -0.05) is 24.3 Å². The topological polar surface area (TPSA) is 26.3 Å². The quantitative estimate of drug-likeness (QED) is 0.795. The fourth-order valence-electron chi connectivity index (χ4n) is 2.72. The Balaban J connectivity index is 1.86. The molecule has 0 radical (unpaired) electrons. The third-order valence-corrected chi connectivity index (χ3v) is 3.76. The van der Waals surface area contributed by atoms with Gasteiger partial charge in [-0.3, -0.25) is 4.79 Å². The summed E-state index contributed by atoms with van der Waals surface area (Å²) in [5.41, 5.74) is 0.482. The van der Waals surface area contributed by atoms with E-state index in [1.807, 2.05) is 24.3 Å². The van der Waals surface area contributed by atoms with Crippen LogP contribution in [0.25, 0.3) is 0 Å². The maximum Gasteiger partial charge on any atom is 0.169 e. The lowest BCUT2D eigenvalue weighted by atomic mass is 9.87. The molecule has 1 unspecified atom stereocenters. The van der Waals surface area contributed by atoms with Crippen LogP contribution in [0.2, 0.25) is 0 Å². The summed E-state index contributed by atoms with van der Waals surface area (Å²) in [4.78, 5) is 12.2. The average molecular weight is 288 g/mol. The second-order valence-corrected chi connectivity index (χ2v) is 5.10. The van der Waals surface area contributed by atoms with Gasteiger partial charge in [0.15, 0.2) is 5.78 Å². The summed E-state index contributed by atoms with van der Waals surface area (Å²) in [5, 5.41) is 0. The van der Waals surface area contributed by atoms with Crippen molar-refractivity contribution in [2.45, 2.75) is 18.8 Å². The number of benzene rings is 2. The summed E-state index contributed by atoms with van der Waals surface area (Å²) < 4.78 is 32.9. The summed E-state index contributed by atoms with van der Waals surface area (Å²) in [5.74, 6) is -1.44. The predicted molar refractivity (Wildman–Crippen MR) is 74.6 cm³/mol. The van der Waals surface area contributed by atoms with E-state index in [0.29, 0.717) is 13.0 Å². The molecule has 0 bridgehead atoms. The molecule has 0 N–H and O–H groups in total. The number of para-hydroxylation sites is 1. The van der Waals surface area contributed by atoms with Crippen LogP contribution >= 0.6 is 0 Å². The molecule has 0 amide bonds. The van der Waals surface area contributed by atoms with E-state index in [2.05, 4.69) is 0 Å². The Morgan fingerprint density at radius 1 is 1.10 bits per heavy atom. The average Bonchev–Trinajstić information content (AvgIpc) is 2.47. The SMILES string of the molecule is O=C(CC1CCOc2ccccc21)c1c(F)cccc1F. The largest absolute Gasteiger partial charge is 0.493 e. The Hall–Kier alpha value is -2.23. The van der Waals surface area contributed by atoms with E-state index in [1.54, 1.807) is 0 Å². The van der Waals surface area contributed by atoms with Crippen LogP contribution in [0, 0.1) is 11.6 Å². The number of carbonyl (C=O) groups excluding carboxylic acids is 1. The zero-order valence-electron chi connectivity index (χ0n) is 11.3. The minimum atomic E-state index is -0.805. The molecule has 2 nitrogen and oxygen atoms in total. The van der Waals surface area contributed by atoms with Gasteiger partial charge >= 0.3 is 0 Å². The lowest BCUT2D eigenvalue weighted by Crippen LogP contribution is -2.18. The van der Waals surface area contributed by atoms with E-state index < -0.39 is 23.0 Å². The second-order valence-electron chi connectivity index (χ2n) is 5.10. The van der Waals surface area contributed by atoms with Crippen molar-refractivity contribution in [1.82, 2.24) is 0 Å². The van der Waals surface area contributed by atoms with Gasteiger partial charge in [-0.2, -0.15) is 0 Å². The van der Waals surface area contributed by atoms with Gasteiger partial charge in [0.2, 0.25) is 0 Å². The van der Waals surface area contributed by atoms with E-state index in [4.69, 9.17) is 4.74 Å². The van der Waals surface area contributed by atoms with Crippen molar-refractivity contribution >= 4 is 5.78 Å². The molecule has 0 saturated carbocycles. The maximum absolute atomic E-state index is 13.7. The highest BCUT2D eigenvalue weighted by molar-refractivity contribution is 5.97. The Morgan fingerprint density at radius 3 is 2.57 bits per heavy atom. The molecule has 0 aromatic heterocycles. The standard InChI is InChI=1S/C17H14F2O2/c18-13-5-3-6-14(19)17(13)15(20)10-11-8-9-21-16-7-2-1-4-12(11)16/h1-7,11H,8-10H2. The molecule has 0 fully saturated rings. The first-order valence-corrected chi connectivity index (χ1v) is 6.85. The number of ketones is 1. The molecule has 1 heterocycles. The molecule has 1 aliphatic heterocycles. The minimum Gasteiger partial charge on any atom is -0.493 e. The highest BCUT2D eigenvalue weighted by atomic mass is 19.1. The maximum atomic E-state index is 13.7. The lowest BCUT2D eigenvalue weighted by molar-refractivity contribution is 0.0957. The molecule has 4 heteroatoms.